The summed E-state index contributed by atoms with van der Waals surface area (Å²) in [5.41, 5.74) is 1.77. The van der Waals surface area contributed by atoms with Gasteiger partial charge in [-0.25, -0.2) is 0 Å². The summed E-state index contributed by atoms with van der Waals surface area (Å²) in [5, 5.41) is 0. The first-order chi connectivity index (χ1) is 4.43. The van der Waals surface area contributed by atoms with E-state index < -0.39 is 0 Å². The smallest absolute Gasteiger partial charge is 0.0172 e. The molecular formula is C10H18. The summed E-state index contributed by atoms with van der Waals surface area (Å²) < 4.78 is 0. The van der Waals surface area contributed by atoms with E-state index in [2.05, 4.69) is 34.3 Å². The van der Waals surface area contributed by atoms with Crippen LogP contribution >= 0.6 is 0 Å². The highest BCUT2D eigenvalue weighted by Gasteiger charge is 2.38. The van der Waals surface area contributed by atoms with Crippen LogP contribution in [0.15, 0.2) is 12.2 Å². The third kappa shape index (κ3) is 1.42. The Morgan fingerprint density at radius 2 is 1.80 bits per heavy atom. The normalized spacial score (nSPS) is 32.0. The van der Waals surface area contributed by atoms with E-state index in [9.17, 15) is 0 Å². The molecule has 0 amide bonds. The molecule has 0 bridgehead atoms. The topological polar surface area (TPSA) is 0 Å². The van der Waals surface area contributed by atoms with E-state index in [1.807, 2.05) is 0 Å². The van der Waals surface area contributed by atoms with Gasteiger partial charge in [-0.05, 0) is 23.7 Å². The Morgan fingerprint density at radius 3 is 1.90 bits per heavy atom. The first-order valence-corrected chi connectivity index (χ1v) is 4.12. The average molecular weight is 138 g/mol. The fraction of sp³-hybridized carbons (Fsp3) is 0.800. The van der Waals surface area contributed by atoms with Crippen LogP contribution in [0.25, 0.3) is 0 Å². The van der Waals surface area contributed by atoms with Gasteiger partial charge in [-0.1, -0.05) is 39.8 Å². The Kier molecular flexibility index (Phi) is 1.66. The third-order valence-corrected chi connectivity index (χ3v) is 2.52. The van der Waals surface area contributed by atoms with Crippen LogP contribution in [0.5, 0.6) is 0 Å². The Balaban J connectivity index is 2.51. The predicted octanol–water partition coefficient (Wildman–Crippen LogP) is 3.24. The minimum atomic E-state index is 0.329. The van der Waals surface area contributed by atoms with Gasteiger partial charge in [-0.3, -0.25) is 0 Å². The maximum absolute atomic E-state index is 4.14. The van der Waals surface area contributed by atoms with E-state index in [-0.39, 0.29) is 0 Å². The number of allylic oxidation sites excluding steroid dienone is 1. The highest BCUT2D eigenvalue weighted by atomic mass is 14.4. The van der Waals surface area contributed by atoms with E-state index >= 15 is 0 Å². The van der Waals surface area contributed by atoms with Gasteiger partial charge in [-0.15, -0.1) is 0 Å². The first kappa shape index (κ1) is 7.84. The van der Waals surface area contributed by atoms with Crippen molar-refractivity contribution in [1.82, 2.24) is 0 Å². The Morgan fingerprint density at radius 1 is 1.40 bits per heavy atom. The standard InChI is InChI=1S/C10H18/c1-7-6-9(7)8(2)10(3,4)5/h7,9H,2,6H2,1,3-5H3. The molecule has 0 aliphatic heterocycles. The second-order valence-electron chi connectivity index (χ2n) is 4.59. The lowest BCUT2D eigenvalue weighted by atomic mass is 9.84. The molecule has 2 unspecified atom stereocenters. The molecule has 58 valence electrons. The lowest BCUT2D eigenvalue weighted by Gasteiger charge is -2.21. The molecule has 10 heavy (non-hydrogen) atoms. The summed E-state index contributed by atoms with van der Waals surface area (Å²) in [5.74, 6) is 1.74. The van der Waals surface area contributed by atoms with Crippen LogP contribution in [0, 0.1) is 17.3 Å². The minimum absolute atomic E-state index is 0.329. The van der Waals surface area contributed by atoms with Crippen molar-refractivity contribution in [2.24, 2.45) is 17.3 Å². The molecule has 0 radical (unpaired) electrons. The van der Waals surface area contributed by atoms with Gasteiger partial charge in [0.25, 0.3) is 0 Å². The monoisotopic (exact) mass is 138 g/mol. The zero-order valence-corrected chi connectivity index (χ0v) is 7.57. The zero-order valence-electron chi connectivity index (χ0n) is 7.57. The van der Waals surface area contributed by atoms with Crippen molar-refractivity contribution in [3.05, 3.63) is 12.2 Å². The maximum Gasteiger partial charge on any atom is -0.0172 e. The van der Waals surface area contributed by atoms with E-state index in [1.165, 1.54) is 12.0 Å². The van der Waals surface area contributed by atoms with Crippen LogP contribution in [0.2, 0.25) is 0 Å². The second-order valence-corrected chi connectivity index (χ2v) is 4.59. The number of hydrogen-bond acceptors (Lipinski definition) is 0. The molecule has 0 saturated heterocycles. The molecule has 0 heterocycles. The van der Waals surface area contributed by atoms with Crippen molar-refractivity contribution in [3.63, 3.8) is 0 Å². The van der Waals surface area contributed by atoms with Crippen molar-refractivity contribution in [3.8, 4) is 0 Å². The molecule has 0 spiro atoms. The molecule has 0 N–H and O–H groups in total. The van der Waals surface area contributed by atoms with Crippen molar-refractivity contribution in [2.45, 2.75) is 34.1 Å². The molecular weight excluding hydrogens is 120 g/mol. The minimum Gasteiger partial charge on any atom is -0.0990 e. The Bertz CT molecular complexity index is 148. The van der Waals surface area contributed by atoms with Gasteiger partial charge >= 0.3 is 0 Å². The van der Waals surface area contributed by atoms with Crippen LogP contribution in [-0.4, -0.2) is 0 Å². The van der Waals surface area contributed by atoms with Crippen LogP contribution in [-0.2, 0) is 0 Å². The molecule has 0 heteroatoms. The summed E-state index contributed by atoms with van der Waals surface area (Å²) in [7, 11) is 0. The van der Waals surface area contributed by atoms with Crippen molar-refractivity contribution in [2.75, 3.05) is 0 Å². The third-order valence-electron chi connectivity index (χ3n) is 2.52. The highest BCUT2D eigenvalue weighted by molar-refractivity contribution is 5.16. The first-order valence-electron chi connectivity index (χ1n) is 4.12. The summed E-state index contributed by atoms with van der Waals surface area (Å²) in [6.45, 7) is 13.2. The quantitative estimate of drug-likeness (QED) is 0.488. The molecule has 1 aliphatic rings. The van der Waals surface area contributed by atoms with Gasteiger partial charge in [-0.2, -0.15) is 0 Å². The van der Waals surface area contributed by atoms with E-state index in [0.29, 0.717) is 5.41 Å². The molecule has 0 aromatic carbocycles. The van der Waals surface area contributed by atoms with Gasteiger partial charge in [0.2, 0.25) is 0 Å². The van der Waals surface area contributed by atoms with Crippen LogP contribution < -0.4 is 0 Å². The summed E-state index contributed by atoms with van der Waals surface area (Å²) in [6.07, 6.45) is 1.37. The van der Waals surface area contributed by atoms with Crippen molar-refractivity contribution >= 4 is 0 Å². The fourth-order valence-electron chi connectivity index (χ4n) is 1.36. The molecule has 0 aromatic heterocycles. The zero-order chi connectivity index (χ0) is 7.94. The van der Waals surface area contributed by atoms with Gasteiger partial charge in [0, 0.05) is 0 Å². The molecule has 1 rings (SSSR count). The number of hydrogen-bond donors (Lipinski definition) is 0. The van der Waals surface area contributed by atoms with E-state index in [1.54, 1.807) is 0 Å². The SMILES string of the molecule is C=C(C1CC1C)C(C)(C)C. The largest absolute Gasteiger partial charge is 0.0990 e. The van der Waals surface area contributed by atoms with Gasteiger partial charge in [0.15, 0.2) is 0 Å². The second kappa shape index (κ2) is 2.11. The number of rotatable bonds is 1. The fourth-order valence-corrected chi connectivity index (χ4v) is 1.36. The molecule has 0 aromatic rings. The summed E-state index contributed by atoms with van der Waals surface area (Å²) in [4.78, 5) is 0. The molecule has 1 saturated carbocycles. The summed E-state index contributed by atoms with van der Waals surface area (Å²) in [6, 6.07) is 0. The van der Waals surface area contributed by atoms with Gasteiger partial charge in [0.1, 0.15) is 0 Å². The predicted molar refractivity (Wildman–Crippen MR) is 45.9 cm³/mol. The molecule has 1 aliphatic carbocycles. The summed E-state index contributed by atoms with van der Waals surface area (Å²) >= 11 is 0. The molecule has 1 fully saturated rings. The molecule has 2 atom stereocenters. The Labute approximate surface area is 64.3 Å². The van der Waals surface area contributed by atoms with E-state index in [0.717, 1.165) is 11.8 Å². The van der Waals surface area contributed by atoms with Crippen LogP contribution in [0.3, 0.4) is 0 Å². The van der Waals surface area contributed by atoms with Crippen LogP contribution in [0.1, 0.15) is 34.1 Å². The molecule has 0 nitrogen and oxygen atoms in total. The maximum atomic E-state index is 4.14. The lowest BCUT2D eigenvalue weighted by Crippen LogP contribution is -2.10. The highest BCUT2D eigenvalue weighted by Crippen LogP contribution is 2.48. The van der Waals surface area contributed by atoms with Gasteiger partial charge in [0.05, 0.1) is 0 Å². The van der Waals surface area contributed by atoms with Crippen LogP contribution in [0.4, 0.5) is 0 Å². The average Bonchev–Trinajstić information content (AvgIpc) is 2.42. The van der Waals surface area contributed by atoms with E-state index in [4.69, 9.17) is 0 Å². The van der Waals surface area contributed by atoms with Crippen molar-refractivity contribution in [1.29, 1.82) is 0 Å². The van der Waals surface area contributed by atoms with Crippen molar-refractivity contribution < 1.29 is 0 Å². The lowest BCUT2D eigenvalue weighted by molar-refractivity contribution is 0.471. The van der Waals surface area contributed by atoms with Gasteiger partial charge < -0.3 is 0 Å². The Hall–Kier alpha value is -0.260.